The van der Waals surface area contributed by atoms with Crippen LogP contribution in [0.3, 0.4) is 0 Å². The van der Waals surface area contributed by atoms with E-state index in [0.717, 1.165) is 32.6 Å². The summed E-state index contributed by atoms with van der Waals surface area (Å²) in [5.41, 5.74) is 0. The molecule has 0 saturated carbocycles. The van der Waals surface area contributed by atoms with Gasteiger partial charge in [-0.15, -0.1) is 0 Å². The Morgan fingerprint density at radius 2 is 1.55 bits per heavy atom. The third-order valence-electron chi connectivity index (χ3n) is 3.74. The minimum atomic E-state index is -0.837. The SMILES string of the molecule is O=C(O)CN1CCCN2CCN(CC1)N(CC(=O)O)C2. The molecule has 0 aromatic carbocycles. The number of rotatable bonds is 4. The van der Waals surface area contributed by atoms with Crippen molar-refractivity contribution in [3.8, 4) is 0 Å². The second-order valence-corrected chi connectivity index (χ2v) is 5.29. The van der Waals surface area contributed by atoms with Crippen LogP contribution in [0.15, 0.2) is 0 Å². The van der Waals surface area contributed by atoms with Crippen LogP contribution in [0.2, 0.25) is 0 Å². The predicted octanol–water partition coefficient (Wildman–Crippen LogP) is -1.35. The van der Waals surface area contributed by atoms with Gasteiger partial charge in [0.15, 0.2) is 0 Å². The lowest BCUT2D eigenvalue weighted by molar-refractivity contribution is -0.154. The zero-order valence-electron chi connectivity index (χ0n) is 11.6. The zero-order valence-corrected chi connectivity index (χ0v) is 11.6. The summed E-state index contributed by atoms with van der Waals surface area (Å²) < 4.78 is 0. The quantitative estimate of drug-likeness (QED) is 0.656. The first-order valence-corrected chi connectivity index (χ1v) is 6.92. The summed E-state index contributed by atoms with van der Waals surface area (Å²) in [5.74, 6) is -1.65. The van der Waals surface area contributed by atoms with E-state index < -0.39 is 11.9 Å². The number of hydrogen-bond donors (Lipinski definition) is 2. The lowest BCUT2D eigenvalue weighted by Gasteiger charge is -2.44. The molecule has 3 rings (SSSR count). The van der Waals surface area contributed by atoms with E-state index in [0.29, 0.717) is 19.8 Å². The van der Waals surface area contributed by atoms with Crippen molar-refractivity contribution in [3.63, 3.8) is 0 Å². The molecule has 0 radical (unpaired) electrons. The van der Waals surface area contributed by atoms with Gasteiger partial charge in [0.1, 0.15) is 6.54 Å². The Morgan fingerprint density at radius 3 is 2.25 bits per heavy atom. The van der Waals surface area contributed by atoms with Gasteiger partial charge in [-0.3, -0.25) is 19.4 Å². The molecule has 0 spiro atoms. The van der Waals surface area contributed by atoms with Gasteiger partial charge in [-0.25, -0.2) is 10.0 Å². The molecule has 2 unspecified atom stereocenters. The number of carboxylic acid groups (broad SMARTS) is 2. The van der Waals surface area contributed by atoms with Gasteiger partial charge >= 0.3 is 11.9 Å². The van der Waals surface area contributed by atoms with Gasteiger partial charge in [0, 0.05) is 39.3 Å². The average molecular weight is 286 g/mol. The van der Waals surface area contributed by atoms with Crippen molar-refractivity contribution in [2.45, 2.75) is 6.42 Å². The molecule has 8 nitrogen and oxygen atoms in total. The summed E-state index contributed by atoms with van der Waals surface area (Å²) >= 11 is 0. The maximum Gasteiger partial charge on any atom is 0.319 e. The topological polar surface area (TPSA) is 87.6 Å². The second kappa shape index (κ2) is 6.98. The number of hydrazine groups is 1. The summed E-state index contributed by atoms with van der Waals surface area (Å²) in [6, 6.07) is 0. The van der Waals surface area contributed by atoms with Gasteiger partial charge < -0.3 is 10.2 Å². The smallest absolute Gasteiger partial charge is 0.319 e. The molecule has 0 aromatic heterocycles. The minimum Gasteiger partial charge on any atom is -0.480 e. The van der Waals surface area contributed by atoms with Gasteiger partial charge in [-0.1, -0.05) is 0 Å². The summed E-state index contributed by atoms with van der Waals surface area (Å²) in [6.07, 6.45) is 0.911. The average Bonchev–Trinajstić information content (AvgIpc) is 2.36. The molecular formula is C12H22N4O4. The molecule has 2 bridgehead atoms. The molecule has 3 saturated heterocycles. The van der Waals surface area contributed by atoms with Crippen molar-refractivity contribution < 1.29 is 19.8 Å². The Balaban J connectivity index is 1.98. The Hall–Kier alpha value is -1.22. The Kier molecular flexibility index (Phi) is 5.30. The second-order valence-electron chi connectivity index (χ2n) is 5.29. The Morgan fingerprint density at radius 1 is 0.850 bits per heavy atom. The van der Waals surface area contributed by atoms with E-state index in [1.807, 2.05) is 14.9 Å². The van der Waals surface area contributed by atoms with E-state index in [2.05, 4.69) is 4.90 Å². The number of fused-ring (bicyclic) bond motifs is 7. The number of nitrogens with zero attached hydrogens (tertiary/aromatic N) is 4. The van der Waals surface area contributed by atoms with Gasteiger partial charge in [-0.2, -0.15) is 0 Å². The van der Waals surface area contributed by atoms with E-state index in [-0.39, 0.29) is 13.1 Å². The van der Waals surface area contributed by atoms with E-state index in [1.54, 1.807) is 0 Å². The Labute approximate surface area is 118 Å². The van der Waals surface area contributed by atoms with Crippen LogP contribution in [0.4, 0.5) is 0 Å². The number of carboxylic acids is 2. The van der Waals surface area contributed by atoms with Crippen molar-refractivity contribution in [2.75, 3.05) is 59.0 Å². The molecule has 0 amide bonds. The van der Waals surface area contributed by atoms with Crippen LogP contribution in [0.1, 0.15) is 6.42 Å². The van der Waals surface area contributed by atoms with Crippen molar-refractivity contribution in [1.29, 1.82) is 0 Å². The summed E-state index contributed by atoms with van der Waals surface area (Å²) in [6.45, 7) is 5.41. The Bertz CT molecular complexity index is 365. The molecule has 3 fully saturated rings. The van der Waals surface area contributed by atoms with Crippen molar-refractivity contribution in [3.05, 3.63) is 0 Å². The van der Waals surface area contributed by atoms with Gasteiger partial charge in [-0.05, 0) is 6.42 Å². The van der Waals surface area contributed by atoms with Crippen molar-refractivity contribution in [1.82, 2.24) is 19.8 Å². The molecule has 8 heteroatoms. The molecule has 0 aromatic rings. The first kappa shape index (κ1) is 15.2. The molecular weight excluding hydrogens is 264 g/mol. The standard InChI is InChI=1S/C12H22N4O4/c17-11(18)8-13-2-1-3-14-5-7-15(6-4-13)16(10-14)9-12(19)20/h1-10H2,(H,17,18)(H,19,20). The lowest BCUT2D eigenvalue weighted by Crippen LogP contribution is -2.60. The largest absolute Gasteiger partial charge is 0.480 e. The molecule has 2 N–H and O–H groups in total. The van der Waals surface area contributed by atoms with E-state index in [4.69, 9.17) is 10.2 Å². The minimum absolute atomic E-state index is 0.00453. The predicted molar refractivity (Wildman–Crippen MR) is 71.0 cm³/mol. The molecule has 2 atom stereocenters. The fourth-order valence-corrected chi connectivity index (χ4v) is 2.77. The van der Waals surface area contributed by atoms with Crippen LogP contribution in [0, 0.1) is 0 Å². The highest BCUT2D eigenvalue weighted by atomic mass is 16.4. The lowest BCUT2D eigenvalue weighted by atomic mass is 10.3. The molecule has 20 heavy (non-hydrogen) atoms. The van der Waals surface area contributed by atoms with Crippen molar-refractivity contribution >= 4 is 11.9 Å². The highest BCUT2D eigenvalue weighted by Crippen LogP contribution is 2.11. The number of aliphatic carboxylic acids is 2. The van der Waals surface area contributed by atoms with E-state index in [1.165, 1.54) is 0 Å². The van der Waals surface area contributed by atoms with Crippen LogP contribution >= 0.6 is 0 Å². The summed E-state index contributed by atoms with van der Waals surface area (Å²) in [7, 11) is 0. The molecule has 0 aliphatic carbocycles. The number of hydrogen-bond acceptors (Lipinski definition) is 6. The fourth-order valence-electron chi connectivity index (χ4n) is 2.77. The summed E-state index contributed by atoms with van der Waals surface area (Å²) in [4.78, 5) is 25.9. The molecule has 3 aliphatic rings. The molecule has 114 valence electrons. The highest BCUT2D eigenvalue weighted by molar-refractivity contribution is 5.69. The fraction of sp³-hybridized carbons (Fsp3) is 0.833. The third-order valence-corrected chi connectivity index (χ3v) is 3.74. The third kappa shape index (κ3) is 4.41. The molecule has 3 aliphatic heterocycles. The highest BCUT2D eigenvalue weighted by Gasteiger charge is 2.27. The van der Waals surface area contributed by atoms with Crippen molar-refractivity contribution in [2.24, 2.45) is 0 Å². The monoisotopic (exact) mass is 286 g/mol. The van der Waals surface area contributed by atoms with Gasteiger partial charge in [0.2, 0.25) is 0 Å². The van der Waals surface area contributed by atoms with Crippen LogP contribution in [0.5, 0.6) is 0 Å². The number of carbonyl (C=O) groups is 2. The van der Waals surface area contributed by atoms with Gasteiger partial charge in [0.25, 0.3) is 0 Å². The normalized spacial score (nSPS) is 29.2. The maximum atomic E-state index is 10.9. The van der Waals surface area contributed by atoms with Crippen LogP contribution < -0.4 is 0 Å². The molecule has 3 heterocycles. The zero-order chi connectivity index (χ0) is 14.5. The first-order valence-electron chi connectivity index (χ1n) is 6.92. The maximum absolute atomic E-state index is 10.9. The van der Waals surface area contributed by atoms with Gasteiger partial charge in [0.05, 0.1) is 13.2 Å². The van der Waals surface area contributed by atoms with Crippen LogP contribution in [0.25, 0.3) is 0 Å². The summed E-state index contributed by atoms with van der Waals surface area (Å²) in [5, 5.41) is 21.8. The van der Waals surface area contributed by atoms with E-state index in [9.17, 15) is 9.59 Å². The van der Waals surface area contributed by atoms with E-state index >= 15 is 0 Å². The van der Waals surface area contributed by atoms with Crippen LogP contribution in [-0.4, -0.2) is 101 Å². The van der Waals surface area contributed by atoms with Crippen LogP contribution in [-0.2, 0) is 9.59 Å². The first-order chi connectivity index (χ1) is 9.54.